The van der Waals surface area contributed by atoms with Gasteiger partial charge in [0.25, 0.3) is 5.91 Å². The summed E-state index contributed by atoms with van der Waals surface area (Å²) in [6, 6.07) is 5.89. The number of anilines is 1. The summed E-state index contributed by atoms with van der Waals surface area (Å²) in [5.41, 5.74) is 1.34. The lowest BCUT2D eigenvalue weighted by atomic mass is 10.1. The lowest BCUT2D eigenvalue weighted by molar-refractivity contribution is -0.119. The van der Waals surface area contributed by atoms with Crippen LogP contribution >= 0.6 is 11.6 Å². The van der Waals surface area contributed by atoms with Crippen LogP contribution in [-0.2, 0) is 19.6 Å². The van der Waals surface area contributed by atoms with E-state index in [0.717, 1.165) is 23.8 Å². The molecule has 0 fully saturated rings. The molecule has 0 spiro atoms. The van der Waals surface area contributed by atoms with Crippen LogP contribution in [0.15, 0.2) is 35.2 Å². The predicted octanol–water partition coefficient (Wildman–Crippen LogP) is 2.54. The molecule has 0 aliphatic rings. The third kappa shape index (κ3) is 5.25. The van der Waals surface area contributed by atoms with E-state index in [-0.39, 0.29) is 0 Å². The topological polar surface area (TPSA) is 116 Å². The molecule has 0 atom stereocenters. The molecule has 0 aliphatic carbocycles. The van der Waals surface area contributed by atoms with E-state index < -0.39 is 44.8 Å². The van der Waals surface area contributed by atoms with Gasteiger partial charge in [-0.2, -0.15) is 0 Å². The lowest BCUT2D eigenvalue weighted by Gasteiger charge is -2.12. The van der Waals surface area contributed by atoms with Crippen molar-refractivity contribution in [1.82, 2.24) is 0 Å². The molecule has 0 radical (unpaired) electrons. The fraction of sp³-hybridized carbons (Fsp3) is 0.176. The molecule has 2 aromatic rings. The second-order valence-electron chi connectivity index (χ2n) is 5.75. The molecular formula is C17H16ClFN2O5S. The zero-order chi connectivity index (χ0) is 20.4. The highest BCUT2D eigenvalue weighted by atomic mass is 35.5. The number of carbonyl (C=O) groups excluding carboxylic acids is 2. The van der Waals surface area contributed by atoms with Crippen LogP contribution in [0.25, 0.3) is 0 Å². The number of nitrogens with two attached hydrogens (primary N) is 1. The van der Waals surface area contributed by atoms with Crippen molar-refractivity contribution < 1.29 is 27.1 Å². The number of halogens is 2. The van der Waals surface area contributed by atoms with Gasteiger partial charge in [-0.25, -0.2) is 22.7 Å². The maximum absolute atomic E-state index is 13.8. The maximum Gasteiger partial charge on any atom is 0.341 e. The molecule has 3 N–H and O–H groups in total. The summed E-state index contributed by atoms with van der Waals surface area (Å²) >= 11 is 6.08. The van der Waals surface area contributed by atoms with Crippen LogP contribution in [-0.4, -0.2) is 26.9 Å². The van der Waals surface area contributed by atoms with Crippen molar-refractivity contribution in [2.45, 2.75) is 18.7 Å². The number of hydrogen-bond acceptors (Lipinski definition) is 5. The minimum atomic E-state index is -4.13. The Balaban J connectivity index is 2.09. The highest BCUT2D eigenvalue weighted by Gasteiger charge is 2.19. The van der Waals surface area contributed by atoms with Crippen molar-refractivity contribution in [1.29, 1.82) is 0 Å². The van der Waals surface area contributed by atoms with Gasteiger partial charge in [0.05, 0.1) is 21.2 Å². The molecule has 144 valence electrons. The van der Waals surface area contributed by atoms with Crippen LogP contribution in [0, 0.1) is 19.7 Å². The number of nitrogens with one attached hydrogen (secondary N) is 1. The van der Waals surface area contributed by atoms with Crippen LogP contribution in [0.4, 0.5) is 10.1 Å². The van der Waals surface area contributed by atoms with Gasteiger partial charge in [0.15, 0.2) is 6.61 Å². The van der Waals surface area contributed by atoms with Gasteiger partial charge in [0.1, 0.15) is 5.82 Å². The van der Waals surface area contributed by atoms with E-state index >= 15 is 0 Å². The van der Waals surface area contributed by atoms with Gasteiger partial charge in [-0.1, -0.05) is 17.7 Å². The summed E-state index contributed by atoms with van der Waals surface area (Å²) in [4.78, 5) is 23.5. The fourth-order valence-corrected chi connectivity index (χ4v) is 3.20. The van der Waals surface area contributed by atoms with Gasteiger partial charge in [-0.3, -0.25) is 4.79 Å². The highest BCUT2D eigenvalue weighted by Crippen LogP contribution is 2.27. The Morgan fingerprint density at radius 1 is 1.22 bits per heavy atom. The van der Waals surface area contributed by atoms with Gasteiger partial charge < -0.3 is 10.1 Å². The van der Waals surface area contributed by atoms with Crippen LogP contribution in [0.5, 0.6) is 0 Å². The molecule has 0 saturated heterocycles. The number of esters is 1. The van der Waals surface area contributed by atoms with Crippen LogP contribution in [0.1, 0.15) is 21.5 Å². The van der Waals surface area contributed by atoms with Gasteiger partial charge in [0.2, 0.25) is 10.0 Å². The molecule has 0 unspecified atom stereocenters. The quantitative estimate of drug-likeness (QED) is 0.729. The lowest BCUT2D eigenvalue weighted by Crippen LogP contribution is -2.22. The van der Waals surface area contributed by atoms with Crippen LogP contribution in [0.3, 0.4) is 0 Å². The number of amides is 1. The van der Waals surface area contributed by atoms with E-state index in [2.05, 4.69) is 5.32 Å². The Bertz CT molecular complexity index is 1000. The molecule has 7 nitrogen and oxygen atoms in total. The first-order chi connectivity index (χ1) is 12.5. The Morgan fingerprint density at radius 2 is 1.89 bits per heavy atom. The normalized spacial score (nSPS) is 11.1. The van der Waals surface area contributed by atoms with Crippen LogP contribution < -0.4 is 10.5 Å². The summed E-state index contributed by atoms with van der Waals surface area (Å²) in [5.74, 6) is -2.91. The minimum absolute atomic E-state index is 0.319. The first kappa shape index (κ1) is 20.8. The van der Waals surface area contributed by atoms with Crippen molar-refractivity contribution in [3.05, 3.63) is 57.9 Å². The fourth-order valence-electron chi connectivity index (χ4n) is 2.30. The molecule has 0 heterocycles. The third-order valence-corrected chi connectivity index (χ3v) is 4.73. The van der Waals surface area contributed by atoms with Gasteiger partial charge in [-0.05, 0) is 49.2 Å². The Hall–Kier alpha value is -2.49. The number of rotatable bonds is 5. The molecule has 0 bridgehead atoms. The van der Waals surface area contributed by atoms with E-state index in [0.29, 0.717) is 16.3 Å². The number of ether oxygens (including phenoxy) is 1. The number of carbonyl (C=O) groups is 2. The summed E-state index contributed by atoms with van der Waals surface area (Å²) in [6.45, 7) is 2.87. The second-order valence-corrected chi connectivity index (χ2v) is 7.72. The standard InChI is InChI=1S/C17H16ClFN2O5S/c1-9-5-10(2)16(13(18)6-9)21-15(22)8-26-17(23)12-7-11(27(20,24)25)3-4-14(12)19/h3-7H,8H2,1-2H3,(H,21,22)(H2,20,24,25). The summed E-state index contributed by atoms with van der Waals surface area (Å²) in [7, 11) is -4.13. The minimum Gasteiger partial charge on any atom is -0.452 e. The zero-order valence-corrected chi connectivity index (χ0v) is 15.9. The number of primary sulfonamides is 1. The largest absolute Gasteiger partial charge is 0.452 e. The number of sulfonamides is 1. The molecule has 0 aliphatic heterocycles. The van der Waals surface area contributed by atoms with Crippen molar-refractivity contribution >= 4 is 39.2 Å². The van der Waals surface area contributed by atoms with E-state index in [9.17, 15) is 22.4 Å². The van der Waals surface area contributed by atoms with Crippen molar-refractivity contribution in [2.75, 3.05) is 11.9 Å². The molecule has 2 rings (SSSR count). The van der Waals surface area contributed by atoms with Crippen molar-refractivity contribution in [3.63, 3.8) is 0 Å². The number of aryl methyl sites for hydroxylation is 2. The van der Waals surface area contributed by atoms with E-state index in [4.69, 9.17) is 21.5 Å². The SMILES string of the molecule is Cc1cc(C)c(NC(=O)COC(=O)c2cc(S(N)(=O)=O)ccc2F)c(Cl)c1. The smallest absolute Gasteiger partial charge is 0.341 e. The Kier molecular flexibility index (Phi) is 6.19. The molecule has 10 heteroatoms. The molecule has 27 heavy (non-hydrogen) atoms. The Labute approximate surface area is 160 Å². The van der Waals surface area contributed by atoms with E-state index in [1.165, 1.54) is 0 Å². The van der Waals surface area contributed by atoms with Gasteiger partial charge in [0, 0.05) is 0 Å². The number of hydrogen-bond donors (Lipinski definition) is 2. The van der Waals surface area contributed by atoms with E-state index in [1.54, 1.807) is 13.0 Å². The average Bonchev–Trinajstić information content (AvgIpc) is 2.55. The van der Waals surface area contributed by atoms with Crippen molar-refractivity contribution in [2.24, 2.45) is 5.14 Å². The van der Waals surface area contributed by atoms with E-state index in [1.807, 2.05) is 13.0 Å². The van der Waals surface area contributed by atoms with Gasteiger partial charge >= 0.3 is 5.97 Å². The van der Waals surface area contributed by atoms with Gasteiger partial charge in [-0.15, -0.1) is 0 Å². The molecule has 1 amide bonds. The molecule has 0 aromatic heterocycles. The highest BCUT2D eigenvalue weighted by molar-refractivity contribution is 7.89. The monoisotopic (exact) mass is 414 g/mol. The molecular weight excluding hydrogens is 399 g/mol. The number of benzene rings is 2. The molecule has 0 saturated carbocycles. The zero-order valence-electron chi connectivity index (χ0n) is 14.4. The first-order valence-electron chi connectivity index (χ1n) is 7.55. The summed E-state index contributed by atoms with van der Waals surface area (Å²) in [6.07, 6.45) is 0. The third-order valence-electron chi connectivity index (χ3n) is 3.52. The van der Waals surface area contributed by atoms with Crippen molar-refractivity contribution in [3.8, 4) is 0 Å². The predicted molar refractivity (Wildman–Crippen MR) is 97.6 cm³/mol. The van der Waals surface area contributed by atoms with Crippen LogP contribution in [0.2, 0.25) is 5.02 Å². The Morgan fingerprint density at radius 3 is 2.48 bits per heavy atom. The molecule has 2 aromatic carbocycles. The average molecular weight is 415 g/mol. The maximum atomic E-state index is 13.8. The summed E-state index contributed by atoms with van der Waals surface area (Å²) < 4.78 is 41.1. The summed E-state index contributed by atoms with van der Waals surface area (Å²) in [5, 5.41) is 7.77. The first-order valence-corrected chi connectivity index (χ1v) is 9.47. The second kappa shape index (κ2) is 8.03.